The molecule has 3 nitrogen and oxygen atoms in total. The van der Waals surface area contributed by atoms with Gasteiger partial charge >= 0.3 is 0 Å². The largest absolute Gasteiger partial charge is 0.464 e. The highest BCUT2D eigenvalue weighted by Crippen LogP contribution is 2.29. The number of nitrogens with two attached hydrogens (primary N) is 1. The molecule has 2 aromatic rings. The summed E-state index contributed by atoms with van der Waals surface area (Å²) in [4.78, 5) is 0. The Morgan fingerprint density at radius 2 is 2.00 bits per heavy atom. The fourth-order valence-electron chi connectivity index (χ4n) is 1.85. The molecule has 0 amide bonds. The zero-order chi connectivity index (χ0) is 13.3. The Kier molecular flexibility index (Phi) is 3.53. The average molecular weight is 265 g/mol. The Bertz CT molecular complexity index is 563. The number of hydrogen-bond acceptors (Lipinski definition) is 3. The molecular weight excluding hydrogens is 248 g/mol. The van der Waals surface area contributed by atoms with E-state index in [1.165, 1.54) is 0 Å². The lowest BCUT2D eigenvalue weighted by Crippen LogP contribution is -2.07. The van der Waals surface area contributed by atoms with Crippen LogP contribution < -0.4 is 11.1 Å². The van der Waals surface area contributed by atoms with Crippen molar-refractivity contribution in [3.63, 3.8) is 0 Å². The Hall–Kier alpha value is -1.61. The van der Waals surface area contributed by atoms with Crippen LogP contribution in [0.2, 0.25) is 5.02 Å². The van der Waals surface area contributed by atoms with E-state index in [-0.39, 0.29) is 6.04 Å². The first kappa shape index (κ1) is 12.8. The summed E-state index contributed by atoms with van der Waals surface area (Å²) >= 11 is 6.03. The van der Waals surface area contributed by atoms with Gasteiger partial charge in [0, 0.05) is 5.69 Å². The van der Waals surface area contributed by atoms with Crippen LogP contribution in [0.25, 0.3) is 0 Å². The number of anilines is 2. The second kappa shape index (κ2) is 4.94. The number of halogens is 1. The summed E-state index contributed by atoms with van der Waals surface area (Å²) in [5.41, 5.74) is 8.39. The van der Waals surface area contributed by atoms with Gasteiger partial charge in [0.05, 0.1) is 16.8 Å². The van der Waals surface area contributed by atoms with Crippen molar-refractivity contribution in [2.75, 3.05) is 11.1 Å². The van der Waals surface area contributed by atoms with Crippen LogP contribution in [0, 0.1) is 13.8 Å². The molecule has 0 bridgehead atoms. The Morgan fingerprint density at radius 1 is 1.28 bits per heavy atom. The van der Waals surface area contributed by atoms with Gasteiger partial charge in [0.25, 0.3) is 0 Å². The second-order valence-electron chi connectivity index (χ2n) is 4.50. The summed E-state index contributed by atoms with van der Waals surface area (Å²) in [5, 5.41) is 3.94. The molecular formula is C14H17ClN2O. The van der Waals surface area contributed by atoms with Gasteiger partial charge in [0.1, 0.15) is 11.5 Å². The quantitative estimate of drug-likeness (QED) is 0.813. The summed E-state index contributed by atoms with van der Waals surface area (Å²) in [6, 6.07) is 7.72. The second-order valence-corrected chi connectivity index (χ2v) is 4.91. The van der Waals surface area contributed by atoms with Crippen molar-refractivity contribution in [2.45, 2.75) is 26.8 Å². The minimum absolute atomic E-state index is 0.0806. The zero-order valence-corrected chi connectivity index (χ0v) is 11.5. The molecule has 0 aliphatic rings. The van der Waals surface area contributed by atoms with Gasteiger partial charge in [-0.15, -0.1) is 0 Å². The smallest absolute Gasteiger partial charge is 0.126 e. The summed E-state index contributed by atoms with van der Waals surface area (Å²) in [7, 11) is 0. The van der Waals surface area contributed by atoms with Crippen molar-refractivity contribution in [3.8, 4) is 0 Å². The molecule has 1 aromatic carbocycles. The van der Waals surface area contributed by atoms with Crippen molar-refractivity contribution in [3.05, 3.63) is 46.4 Å². The van der Waals surface area contributed by atoms with Crippen LogP contribution in [0.15, 0.2) is 28.7 Å². The van der Waals surface area contributed by atoms with Gasteiger partial charge in [-0.2, -0.15) is 0 Å². The predicted molar refractivity (Wildman–Crippen MR) is 76.1 cm³/mol. The molecule has 18 heavy (non-hydrogen) atoms. The third-order valence-corrected chi connectivity index (χ3v) is 3.23. The van der Waals surface area contributed by atoms with E-state index >= 15 is 0 Å². The molecule has 1 unspecified atom stereocenters. The lowest BCUT2D eigenvalue weighted by atomic mass is 10.1. The van der Waals surface area contributed by atoms with Gasteiger partial charge in [0.2, 0.25) is 0 Å². The Labute approximate surface area is 112 Å². The molecule has 0 saturated carbocycles. The molecule has 1 heterocycles. The molecule has 3 N–H and O–H groups in total. The monoisotopic (exact) mass is 264 g/mol. The highest BCUT2D eigenvalue weighted by molar-refractivity contribution is 6.33. The molecule has 0 saturated heterocycles. The van der Waals surface area contributed by atoms with E-state index < -0.39 is 0 Å². The standard InChI is InChI=1S/C14H17ClN2O/c1-8-6-12(16)11(15)7-13(8)17-10(3)14-5-4-9(2)18-14/h4-7,10,17H,16H2,1-3H3. The third-order valence-electron chi connectivity index (χ3n) is 2.90. The van der Waals surface area contributed by atoms with Gasteiger partial charge in [0.15, 0.2) is 0 Å². The number of nitrogens with one attached hydrogen (secondary N) is 1. The van der Waals surface area contributed by atoms with Crippen molar-refractivity contribution >= 4 is 23.0 Å². The van der Waals surface area contributed by atoms with E-state index in [2.05, 4.69) is 5.32 Å². The van der Waals surface area contributed by atoms with Gasteiger partial charge in [-0.25, -0.2) is 0 Å². The SMILES string of the molecule is Cc1ccc(C(C)Nc2cc(Cl)c(N)cc2C)o1. The highest BCUT2D eigenvalue weighted by atomic mass is 35.5. The van der Waals surface area contributed by atoms with Crippen molar-refractivity contribution in [1.82, 2.24) is 0 Å². The van der Waals surface area contributed by atoms with Crippen LogP contribution in [-0.4, -0.2) is 0 Å². The lowest BCUT2D eigenvalue weighted by Gasteiger charge is -2.16. The molecule has 0 radical (unpaired) electrons. The molecule has 1 atom stereocenters. The van der Waals surface area contributed by atoms with Gasteiger partial charge in [-0.3, -0.25) is 0 Å². The van der Waals surface area contributed by atoms with E-state index in [0.29, 0.717) is 10.7 Å². The van der Waals surface area contributed by atoms with Gasteiger partial charge in [-0.1, -0.05) is 11.6 Å². The maximum absolute atomic E-state index is 6.03. The summed E-state index contributed by atoms with van der Waals surface area (Å²) in [5.74, 6) is 1.81. The molecule has 2 rings (SSSR count). The number of furan rings is 1. The third kappa shape index (κ3) is 2.62. The van der Waals surface area contributed by atoms with E-state index in [9.17, 15) is 0 Å². The number of aryl methyl sites for hydroxylation is 2. The number of hydrogen-bond donors (Lipinski definition) is 2. The number of rotatable bonds is 3. The van der Waals surface area contributed by atoms with E-state index in [1.54, 1.807) is 0 Å². The van der Waals surface area contributed by atoms with Crippen LogP contribution in [0.4, 0.5) is 11.4 Å². The summed E-state index contributed by atoms with van der Waals surface area (Å²) in [6.07, 6.45) is 0. The van der Waals surface area contributed by atoms with Crippen molar-refractivity contribution in [1.29, 1.82) is 0 Å². The van der Waals surface area contributed by atoms with Gasteiger partial charge < -0.3 is 15.5 Å². The topological polar surface area (TPSA) is 51.2 Å². The van der Waals surface area contributed by atoms with Gasteiger partial charge in [-0.05, 0) is 50.6 Å². The van der Waals surface area contributed by atoms with E-state index in [4.69, 9.17) is 21.8 Å². The number of benzene rings is 1. The lowest BCUT2D eigenvalue weighted by molar-refractivity contribution is 0.467. The van der Waals surface area contributed by atoms with Crippen LogP contribution in [-0.2, 0) is 0 Å². The Morgan fingerprint density at radius 3 is 2.61 bits per heavy atom. The minimum atomic E-state index is 0.0806. The van der Waals surface area contributed by atoms with Crippen LogP contribution in [0.3, 0.4) is 0 Å². The summed E-state index contributed by atoms with van der Waals surface area (Å²) < 4.78 is 5.59. The van der Waals surface area contributed by atoms with E-state index in [0.717, 1.165) is 22.8 Å². The zero-order valence-electron chi connectivity index (χ0n) is 10.8. The number of nitrogen functional groups attached to an aromatic ring is 1. The highest BCUT2D eigenvalue weighted by Gasteiger charge is 2.11. The average Bonchev–Trinajstić information content (AvgIpc) is 2.73. The maximum atomic E-state index is 6.03. The fourth-order valence-corrected chi connectivity index (χ4v) is 2.01. The molecule has 1 aromatic heterocycles. The maximum Gasteiger partial charge on any atom is 0.126 e. The predicted octanol–water partition coefficient (Wildman–Crippen LogP) is 4.31. The van der Waals surface area contributed by atoms with Crippen LogP contribution in [0.1, 0.15) is 30.0 Å². The first-order valence-electron chi connectivity index (χ1n) is 5.86. The molecule has 4 heteroatoms. The van der Waals surface area contributed by atoms with Crippen LogP contribution >= 0.6 is 11.6 Å². The minimum Gasteiger partial charge on any atom is -0.464 e. The summed E-state index contributed by atoms with van der Waals surface area (Å²) in [6.45, 7) is 5.97. The van der Waals surface area contributed by atoms with Crippen molar-refractivity contribution < 1.29 is 4.42 Å². The normalized spacial score (nSPS) is 12.4. The molecule has 0 aliphatic heterocycles. The molecule has 0 spiro atoms. The Balaban J connectivity index is 2.21. The first-order valence-corrected chi connectivity index (χ1v) is 6.23. The van der Waals surface area contributed by atoms with Crippen molar-refractivity contribution in [2.24, 2.45) is 0 Å². The van der Waals surface area contributed by atoms with Crippen LogP contribution in [0.5, 0.6) is 0 Å². The van der Waals surface area contributed by atoms with E-state index in [1.807, 2.05) is 45.0 Å². The fraction of sp³-hybridized carbons (Fsp3) is 0.286. The molecule has 96 valence electrons. The molecule has 0 aliphatic carbocycles. The first-order chi connectivity index (χ1) is 8.47. The molecule has 0 fully saturated rings.